The lowest BCUT2D eigenvalue weighted by atomic mass is 10.1. The number of carbonyl (C=O) groups excluding carboxylic acids is 1. The summed E-state index contributed by atoms with van der Waals surface area (Å²) in [5, 5.41) is 14.9. The quantitative estimate of drug-likeness (QED) is 0.523. The molecule has 0 aliphatic carbocycles. The minimum Gasteiger partial charge on any atom is -0.355 e. The molecule has 4 aromatic rings. The Morgan fingerprint density at radius 2 is 1.83 bits per heavy atom. The van der Waals surface area contributed by atoms with Gasteiger partial charge in [0, 0.05) is 18.3 Å². The third-order valence-electron chi connectivity index (χ3n) is 4.64. The van der Waals surface area contributed by atoms with E-state index in [9.17, 15) is 23.2 Å². The van der Waals surface area contributed by atoms with Crippen molar-refractivity contribution in [3.05, 3.63) is 71.3 Å². The molecule has 0 aliphatic heterocycles. The fraction of sp³-hybridized carbons (Fsp3) is 0.0952. The van der Waals surface area contributed by atoms with Gasteiger partial charge in [-0.3, -0.25) is 9.20 Å². The topological polar surface area (TPSA) is 82.2 Å². The number of anilines is 2. The Kier molecular flexibility index (Phi) is 4.54. The molecular formula is C21H14F3N5O. The summed E-state index contributed by atoms with van der Waals surface area (Å²) in [4.78, 5) is 16.0. The van der Waals surface area contributed by atoms with Crippen molar-refractivity contribution in [3.8, 4) is 6.07 Å². The lowest BCUT2D eigenvalue weighted by molar-refractivity contribution is -0.137. The highest BCUT2D eigenvalue weighted by Gasteiger charge is 2.36. The molecule has 0 atom stereocenters. The first-order chi connectivity index (χ1) is 14.3. The van der Waals surface area contributed by atoms with Crippen molar-refractivity contribution in [2.45, 2.75) is 6.18 Å². The largest absolute Gasteiger partial charge is 0.417 e. The monoisotopic (exact) mass is 409 g/mol. The number of carbonyl (C=O) groups is 1. The van der Waals surface area contributed by atoms with Gasteiger partial charge in [0.1, 0.15) is 17.5 Å². The molecule has 0 aliphatic rings. The molecule has 0 spiro atoms. The molecule has 2 aromatic heterocycles. The van der Waals surface area contributed by atoms with Crippen LogP contribution in [0.15, 0.2) is 54.6 Å². The Bertz CT molecular complexity index is 1320. The predicted molar refractivity (Wildman–Crippen MR) is 106 cm³/mol. The molecule has 30 heavy (non-hydrogen) atoms. The number of nitriles is 1. The van der Waals surface area contributed by atoms with Crippen LogP contribution in [0.4, 0.5) is 24.7 Å². The summed E-state index contributed by atoms with van der Waals surface area (Å²) in [7, 11) is 1.50. The lowest BCUT2D eigenvalue weighted by Crippen LogP contribution is -2.17. The maximum atomic E-state index is 13.7. The summed E-state index contributed by atoms with van der Waals surface area (Å²) < 4.78 is 42.5. The highest BCUT2D eigenvalue weighted by atomic mass is 19.4. The van der Waals surface area contributed by atoms with Gasteiger partial charge in [-0.25, -0.2) is 4.98 Å². The summed E-state index contributed by atoms with van der Waals surface area (Å²) in [6.07, 6.45) is -4.73. The number of amides is 1. The van der Waals surface area contributed by atoms with Crippen LogP contribution < -0.4 is 10.6 Å². The van der Waals surface area contributed by atoms with Crippen molar-refractivity contribution in [2.24, 2.45) is 0 Å². The molecule has 2 heterocycles. The van der Waals surface area contributed by atoms with E-state index in [2.05, 4.69) is 15.6 Å². The van der Waals surface area contributed by atoms with Gasteiger partial charge in [0.2, 0.25) is 0 Å². The summed E-state index contributed by atoms with van der Waals surface area (Å²) in [6.45, 7) is 0. The van der Waals surface area contributed by atoms with E-state index in [1.807, 2.05) is 0 Å². The van der Waals surface area contributed by atoms with Crippen LogP contribution in [0.3, 0.4) is 0 Å². The number of para-hydroxylation sites is 2. The molecule has 4 rings (SSSR count). The number of fused-ring (bicyclic) bond motifs is 3. The number of nitrogens with one attached hydrogen (secondary N) is 2. The SMILES string of the molecule is CNC(=O)c1ccc(Nc2cc(C(F)(F)F)c(C#N)c3nc4ccccc4n23)cc1. The van der Waals surface area contributed by atoms with Crippen LogP contribution in [0.25, 0.3) is 16.7 Å². The lowest BCUT2D eigenvalue weighted by Gasteiger charge is -2.15. The molecule has 0 unspecified atom stereocenters. The Balaban J connectivity index is 1.94. The zero-order valence-corrected chi connectivity index (χ0v) is 15.6. The molecule has 150 valence electrons. The zero-order chi connectivity index (χ0) is 21.5. The molecule has 0 radical (unpaired) electrons. The summed E-state index contributed by atoms with van der Waals surface area (Å²) in [6, 6.07) is 15.7. The van der Waals surface area contributed by atoms with Crippen LogP contribution >= 0.6 is 0 Å². The van der Waals surface area contributed by atoms with Gasteiger partial charge in [-0.15, -0.1) is 0 Å². The Morgan fingerprint density at radius 1 is 1.13 bits per heavy atom. The van der Waals surface area contributed by atoms with Crippen LogP contribution in [0.2, 0.25) is 0 Å². The van der Waals surface area contributed by atoms with E-state index in [4.69, 9.17) is 0 Å². The number of aromatic nitrogens is 2. The first-order valence-corrected chi connectivity index (χ1v) is 8.84. The number of hydrogen-bond acceptors (Lipinski definition) is 4. The van der Waals surface area contributed by atoms with Crippen LogP contribution in [-0.2, 0) is 6.18 Å². The third-order valence-corrected chi connectivity index (χ3v) is 4.64. The molecule has 0 fully saturated rings. The van der Waals surface area contributed by atoms with Crippen molar-refractivity contribution >= 4 is 34.1 Å². The molecular weight excluding hydrogens is 395 g/mol. The van der Waals surface area contributed by atoms with Crippen molar-refractivity contribution in [1.29, 1.82) is 5.26 Å². The number of pyridine rings is 1. The maximum absolute atomic E-state index is 13.7. The standard InChI is InChI=1S/C21H14F3N5O/c1-26-20(30)12-6-8-13(9-7-12)27-18-10-15(21(22,23)24)14(11-25)19-28-16-4-2-3-5-17(16)29(18)19/h2-10,27H,1H3,(H,26,30). The number of benzene rings is 2. The van der Waals surface area contributed by atoms with Gasteiger partial charge < -0.3 is 10.6 Å². The van der Waals surface area contributed by atoms with E-state index < -0.39 is 17.3 Å². The molecule has 0 bridgehead atoms. The second-order valence-corrected chi connectivity index (χ2v) is 6.47. The minimum atomic E-state index is -4.73. The Labute approximate surface area is 168 Å². The van der Waals surface area contributed by atoms with Gasteiger partial charge in [-0.2, -0.15) is 18.4 Å². The summed E-state index contributed by atoms with van der Waals surface area (Å²) in [5.41, 5.74) is 0.208. The first-order valence-electron chi connectivity index (χ1n) is 8.84. The predicted octanol–water partition coefficient (Wildman–Crippen LogP) is 4.48. The number of alkyl halides is 3. The number of nitrogens with zero attached hydrogens (tertiary/aromatic N) is 3. The molecule has 2 aromatic carbocycles. The Morgan fingerprint density at radius 3 is 2.47 bits per heavy atom. The fourth-order valence-electron chi connectivity index (χ4n) is 3.25. The number of imidazole rings is 1. The van der Waals surface area contributed by atoms with Gasteiger partial charge >= 0.3 is 6.18 Å². The number of rotatable bonds is 3. The van der Waals surface area contributed by atoms with Crippen LogP contribution in [0.5, 0.6) is 0 Å². The van der Waals surface area contributed by atoms with E-state index in [1.165, 1.54) is 11.4 Å². The van der Waals surface area contributed by atoms with Gasteiger partial charge in [-0.1, -0.05) is 12.1 Å². The normalized spacial score (nSPS) is 11.4. The first kappa shape index (κ1) is 19.3. The molecule has 6 nitrogen and oxygen atoms in total. The zero-order valence-electron chi connectivity index (χ0n) is 15.6. The average molecular weight is 409 g/mol. The highest BCUT2D eigenvalue weighted by molar-refractivity contribution is 5.94. The van der Waals surface area contributed by atoms with E-state index in [-0.39, 0.29) is 17.4 Å². The van der Waals surface area contributed by atoms with Crippen molar-refractivity contribution in [2.75, 3.05) is 12.4 Å². The molecule has 1 amide bonds. The van der Waals surface area contributed by atoms with Crippen LogP contribution in [-0.4, -0.2) is 22.3 Å². The fourth-order valence-corrected chi connectivity index (χ4v) is 3.25. The van der Waals surface area contributed by atoms with Gasteiger partial charge in [0.15, 0.2) is 5.65 Å². The van der Waals surface area contributed by atoms with Gasteiger partial charge in [-0.05, 0) is 42.5 Å². The summed E-state index contributed by atoms with van der Waals surface area (Å²) >= 11 is 0. The molecule has 2 N–H and O–H groups in total. The van der Waals surface area contributed by atoms with Crippen molar-refractivity contribution in [3.63, 3.8) is 0 Å². The smallest absolute Gasteiger partial charge is 0.355 e. The van der Waals surface area contributed by atoms with Gasteiger partial charge in [0.25, 0.3) is 5.91 Å². The number of hydrogen-bond donors (Lipinski definition) is 2. The summed E-state index contributed by atoms with van der Waals surface area (Å²) in [5.74, 6) is -0.181. The second-order valence-electron chi connectivity index (χ2n) is 6.47. The highest BCUT2D eigenvalue weighted by Crippen LogP contribution is 2.37. The Hall–Kier alpha value is -4.06. The van der Waals surface area contributed by atoms with E-state index in [1.54, 1.807) is 54.6 Å². The van der Waals surface area contributed by atoms with Crippen molar-refractivity contribution in [1.82, 2.24) is 14.7 Å². The maximum Gasteiger partial charge on any atom is 0.417 e. The molecule has 9 heteroatoms. The van der Waals surface area contributed by atoms with Crippen LogP contribution in [0, 0.1) is 11.3 Å². The second kappa shape index (κ2) is 7.08. The molecule has 0 saturated heterocycles. The van der Waals surface area contributed by atoms with Crippen molar-refractivity contribution < 1.29 is 18.0 Å². The molecule has 0 saturated carbocycles. The number of halogens is 3. The van der Waals surface area contributed by atoms with E-state index in [0.717, 1.165) is 6.07 Å². The van der Waals surface area contributed by atoms with E-state index >= 15 is 0 Å². The van der Waals surface area contributed by atoms with Crippen LogP contribution in [0.1, 0.15) is 21.5 Å². The van der Waals surface area contributed by atoms with Gasteiger partial charge in [0.05, 0.1) is 16.6 Å². The average Bonchev–Trinajstić information content (AvgIpc) is 3.12. The minimum absolute atomic E-state index is 0.0852. The third kappa shape index (κ3) is 3.18. The van der Waals surface area contributed by atoms with E-state index in [0.29, 0.717) is 22.3 Å².